The van der Waals surface area contributed by atoms with E-state index in [1.807, 2.05) is 0 Å². The minimum atomic E-state index is -2.61. The van der Waals surface area contributed by atoms with Crippen LogP contribution in [0.3, 0.4) is 0 Å². The third-order valence-electron chi connectivity index (χ3n) is 3.32. The summed E-state index contributed by atoms with van der Waals surface area (Å²) in [5, 5.41) is 6.68. The summed E-state index contributed by atoms with van der Waals surface area (Å²) < 4.78 is 27.0. The van der Waals surface area contributed by atoms with Gasteiger partial charge in [0.05, 0.1) is 29.2 Å². The van der Waals surface area contributed by atoms with Gasteiger partial charge in [0.1, 0.15) is 22.9 Å². The molecule has 3 aromatic rings. The standard InChI is InChI=1S/C13H12N6O/c1-20-13-10(11(7-2-3-7)15-6-16-13)12-14-4-9-8(18-12)5-17-19-9/h4-7H,2-3H2,1H3,(H,17,19)/i1D3. The molecule has 0 aliphatic heterocycles. The SMILES string of the molecule is [2H]C([2H])([2H])Oc1ncnc(C2CC2)c1-c1ncc2[nH]ncc2n1. The molecular formula is C13H12N6O. The second-order valence-corrected chi connectivity index (χ2v) is 4.68. The van der Waals surface area contributed by atoms with Gasteiger partial charge < -0.3 is 4.74 Å². The molecule has 100 valence electrons. The summed E-state index contributed by atoms with van der Waals surface area (Å²) in [6.45, 7) is 0. The monoisotopic (exact) mass is 271 g/mol. The molecule has 0 unspecified atom stereocenters. The largest absolute Gasteiger partial charge is 0.480 e. The lowest BCUT2D eigenvalue weighted by Gasteiger charge is -2.10. The quantitative estimate of drug-likeness (QED) is 0.779. The summed E-state index contributed by atoms with van der Waals surface area (Å²) in [4.78, 5) is 17.0. The molecule has 0 saturated heterocycles. The topological polar surface area (TPSA) is 89.5 Å². The number of hydrogen-bond donors (Lipinski definition) is 1. The minimum Gasteiger partial charge on any atom is -0.480 e. The van der Waals surface area contributed by atoms with Gasteiger partial charge in [0, 0.05) is 5.92 Å². The fourth-order valence-electron chi connectivity index (χ4n) is 2.20. The highest BCUT2D eigenvalue weighted by Crippen LogP contribution is 2.44. The van der Waals surface area contributed by atoms with Crippen molar-refractivity contribution in [3.63, 3.8) is 0 Å². The second kappa shape index (κ2) is 4.22. The Labute approximate surface area is 118 Å². The van der Waals surface area contributed by atoms with E-state index in [1.165, 1.54) is 6.33 Å². The van der Waals surface area contributed by atoms with E-state index < -0.39 is 7.04 Å². The van der Waals surface area contributed by atoms with Crippen molar-refractivity contribution in [1.82, 2.24) is 30.1 Å². The van der Waals surface area contributed by atoms with Crippen molar-refractivity contribution >= 4 is 11.0 Å². The van der Waals surface area contributed by atoms with Gasteiger partial charge in [-0.05, 0) is 12.8 Å². The Morgan fingerprint density at radius 2 is 2.25 bits per heavy atom. The van der Waals surface area contributed by atoms with E-state index in [9.17, 15) is 0 Å². The lowest BCUT2D eigenvalue weighted by molar-refractivity contribution is 0.397. The molecule has 0 atom stereocenters. The van der Waals surface area contributed by atoms with Crippen LogP contribution in [-0.4, -0.2) is 37.2 Å². The average molecular weight is 271 g/mol. The highest BCUT2D eigenvalue weighted by atomic mass is 16.5. The first-order valence-corrected chi connectivity index (χ1v) is 6.22. The molecule has 0 radical (unpaired) electrons. The van der Waals surface area contributed by atoms with Gasteiger partial charge in [-0.15, -0.1) is 0 Å². The molecular weight excluding hydrogens is 256 g/mol. The number of nitrogens with one attached hydrogen (secondary N) is 1. The highest BCUT2D eigenvalue weighted by molar-refractivity contribution is 5.76. The summed E-state index contributed by atoms with van der Waals surface area (Å²) in [6, 6.07) is 0. The van der Waals surface area contributed by atoms with Crippen LogP contribution in [0.25, 0.3) is 22.4 Å². The Hall–Kier alpha value is -2.57. The molecule has 0 amide bonds. The molecule has 1 fully saturated rings. The summed E-state index contributed by atoms with van der Waals surface area (Å²) in [7, 11) is -2.61. The molecule has 7 heteroatoms. The van der Waals surface area contributed by atoms with Crippen LogP contribution in [0.1, 0.15) is 28.6 Å². The number of methoxy groups -OCH3 is 1. The van der Waals surface area contributed by atoms with Crippen LogP contribution in [0.2, 0.25) is 0 Å². The van der Waals surface area contributed by atoms with Crippen molar-refractivity contribution in [3.8, 4) is 17.3 Å². The van der Waals surface area contributed by atoms with Crippen LogP contribution in [-0.2, 0) is 0 Å². The Morgan fingerprint density at radius 3 is 3.10 bits per heavy atom. The van der Waals surface area contributed by atoms with Gasteiger partial charge in [-0.25, -0.2) is 19.9 Å². The number of aromatic amines is 1. The molecule has 20 heavy (non-hydrogen) atoms. The maximum Gasteiger partial charge on any atom is 0.227 e. The molecule has 1 aliphatic rings. The first-order valence-electron chi connectivity index (χ1n) is 7.72. The predicted octanol–water partition coefficient (Wildman–Crippen LogP) is 1.70. The van der Waals surface area contributed by atoms with Crippen LogP contribution in [0.4, 0.5) is 0 Å². The number of aromatic nitrogens is 6. The van der Waals surface area contributed by atoms with E-state index >= 15 is 0 Å². The van der Waals surface area contributed by atoms with E-state index in [1.54, 1.807) is 12.4 Å². The van der Waals surface area contributed by atoms with Crippen molar-refractivity contribution in [3.05, 3.63) is 24.4 Å². The normalized spacial score (nSPS) is 17.5. The molecule has 3 aromatic heterocycles. The zero-order valence-electron chi connectivity index (χ0n) is 13.4. The first-order chi connectivity index (χ1) is 11.0. The molecule has 1 aliphatic carbocycles. The Kier molecular flexibility index (Phi) is 1.81. The number of ether oxygens (including phenoxy) is 1. The highest BCUT2D eigenvalue weighted by Gasteiger charge is 2.31. The van der Waals surface area contributed by atoms with Crippen molar-refractivity contribution in [1.29, 1.82) is 0 Å². The number of fused-ring (bicyclic) bond motifs is 1. The lowest BCUT2D eigenvalue weighted by Crippen LogP contribution is -2.01. The molecule has 7 nitrogen and oxygen atoms in total. The molecule has 3 heterocycles. The van der Waals surface area contributed by atoms with E-state index in [4.69, 9.17) is 8.85 Å². The second-order valence-electron chi connectivity index (χ2n) is 4.68. The van der Waals surface area contributed by atoms with Crippen LogP contribution in [0.15, 0.2) is 18.7 Å². The maximum atomic E-state index is 7.32. The van der Waals surface area contributed by atoms with Crippen molar-refractivity contribution in [2.24, 2.45) is 0 Å². The molecule has 0 aromatic carbocycles. The van der Waals surface area contributed by atoms with Gasteiger partial charge in [-0.2, -0.15) is 5.10 Å². The van der Waals surface area contributed by atoms with Gasteiger partial charge in [0.15, 0.2) is 5.82 Å². The zero-order chi connectivity index (χ0) is 16.0. The average Bonchev–Trinajstić information content (AvgIpc) is 3.23. The van der Waals surface area contributed by atoms with E-state index in [-0.39, 0.29) is 11.8 Å². The van der Waals surface area contributed by atoms with Gasteiger partial charge in [0.2, 0.25) is 5.88 Å². The zero-order valence-corrected chi connectivity index (χ0v) is 10.4. The molecule has 4 rings (SSSR count). The minimum absolute atomic E-state index is 0.0234. The molecule has 0 spiro atoms. The van der Waals surface area contributed by atoms with Crippen molar-refractivity contribution < 1.29 is 8.85 Å². The van der Waals surface area contributed by atoms with Gasteiger partial charge >= 0.3 is 0 Å². The summed E-state index contributed by atoms with van der Waals surface area (Å²) >= 11 is 0. The summed E-state index contributed by atoms with van der Waals surface area (Å²) in [6.07, 6.45) is 6.46. The van der Waals surface area contributed by atoms with E-state index in [0.717, 1.165) is 18.5 Å². The van der Waals surface area contributed by atoms with E-state index in [0.29, 0.717) is 22.4 Å². The maximum absolute atomic E-state index is 7.32. The fraction of sp³-hybridized carbons (Fsp3) is 0.308. The Morgan fingerprint density at radius 1 is 1.30 bits per heavy atom. The summed E-state index contributed by atoms with van der Waals surface area (Å²) in [5.41, 5.74) is 2.48. The van der Waals surface area contributed by atoms with E-state index in [2.05, 4.69) is 30.1 Å². The van der Waals surface area contributed by atoms with Crippen LogP contribution >= 0.6 is 0 Å². The van der Waals surface area contributed by atoms with Crippen LogP contribution in [0.5, 0.6) is 5.88 Å². The smallest absolute Gasteiger partial charge is 0.227 e. The predicted molar refractivity (Wildman–Crippen MR) is 71.2 cm³/mol. The Bertz CT molecular complexity index is 874. The molecule has 1 saturated carbocycles. The van der Waals surface area contributed by atoms with Gasteiger partial charge in [-0.3, -0.25) is 5.10 Å². The number of rotatable bonds is 3. The number of nitrogens with zero attached hydrogens (tertiary/aromatic N) is 5. The molecule has 0 bridgehead atoms. The van der Waals surface area contributed by atoms with Crippen molar-refractivity contribution in [2.75, 3.05) is 7.04 Å². The third kappa shape index (κ3) is 1.70. The molecule has 1 N–H and O–H groups in total. The van der Waals surface area contributed by atoms with Crippen LogP contribution in [0, 0.1) is 0 Å². The summed E-state index contributed by atoms with van der Waals surface area (Å²) in [5.74, 6) is 0.570. The Balaban J connectivity index is 1.89. The fourth-order valence-corrected chi connectivity index (χ4v) is 2.20. The number of hydrogen-bond acceptors (Lipinski definition) is 6. The van der Waals surface area contributed by atoms with Gasteiger partial charge in [-0.1, -0.05) is 0 Å². The number of H-pyrrole nitrogens is 1. The van der Waals surface area contributed by atoms with Gasteiger partial charge in [0.25, 0.3) is 0 Å². The third-order valence-corrected chi connectivity index (χ3v) is 3.32. The van der Waals surface area contributed by atoms with Crippen molar-refractivity contribution in [2.45, 2.75) is 18.8 Å². The first kappa shape index (κ1) is 8.57. The lowest BCUT2D eigenvalue weighted by atomic mass is 10.1. The van der Waals surface area contributed by atoms with Crippen LogP contribution < -0.4 is 4.74 Å².